The van der Waals surface area contributed by atoms with E-state index in [2.05, 4.69) is 5.32 Å². The van der Waals surface area contributed by atoms with Gasteiger partial charge in [0, 0.05) is 45.1 Å². The third-order valence-electron chi connectivity index (χ3n) is 6.50. The van der Waals surface area contributed by atoms with Crippen LogP contribution < -0.4 is 5.32 Å². The fourth-order valence-electron chi connectivity index (χ4n) is 4.67. The van der Waals surface area contributed by atoms with Crippen molar-refractivity contribution in [2.45, 2.75) is 31.0 Å². The minimum Gasteiger partial charge on any atom is -0.383 e. The lowest BCUT2D eigenvalue weighted by molar-refractivity contribution is -0.143. The van der Waals surface area contributed by atoms with Crippen LogP contribution in [0.2, 0.25) is 0 Å². The molecule has 2 saturated heterocycles. The van der Waals surface area contributed by atoms with Crippen LogP contribution in [0.4, 0.5) is 0 Å². The van der Waals surface area contributed by atoms with Crippen LogP contribution in [0.15, 0.2) is 60.7 Å². The Bertz CT molecular complexity index is 990. The highest BCUT2D eigenvalue weighted by molar-refractivity contribution is 5.98. The average Bonchev–Trinajstić information content (AvgIpc) is 3.23. The molecule has 3 amide bonds. The highest BCUT2D eigenvalue weighted by Crippen LogP contribution is 2.38. The molecule has 180 valence electrons. The molecule has 1 atom stereocenters. The number of likely N-dealkylation sites (tertiary alicyclic amines) is 1. The van der Waals surface area contributed by atoms with E-state index in [1.165, 1.54) is 0 Å². The van der Waals surface area contributed by atoms with Crippen LogP contribution in [-0.4, -0.2) is 79.2 Å². The lowest BCUT2D eigenvalue weighted by atomic mass is 9.96. The molecule has 2 aliphatic rings. The molecule has 8 heteroatoms. The molecule has 1 spiro atoms. The maximum Gasteiger partial charge on any atom is 0.256 e. The molecule has 2 fully saturated rings. The molecule has 0 aliphatic carbocycles. The molecule has 0 aromatic heterocycles. The number of ether oxygens (including phenoxy) is 2. The second kappa shape index (κ2) is 10.8. The number of amides is 3. The van der Waals surface area contributed by atoms with E-state index in [4.69, 9.17) is 9.47 Å². The quantitative estimate of drug-likeness (QED) is 0.631. The smallest absolute Gasteiger partial charge is 0.256 e. The van der Waals surface area contributed by atoms with Crippen molar-refractivity contribution in [3.05, 3.63) is 71.8 Å². The summed E-state index contributed by atoms with van der Waals surface area (Å²) in [7, 11) is 1.57. The molecule has 0 radical (unpaired) electrons. The van der Waals surface area contributed by atoms with E-state index in [-0.39, 0.29) is 24.3 Å². The van der Waals surface area contributed by atoms with Crippen molar-refractivity contribution in [1.29, 1.82) is 0 Å². The van der Waals surface area contributed by atoms with Crippen LogP contribution in [0.3, 0.4) is 0 Å². The predicted molar refractivity (Wildman–Crippen MR) is 126 cm³/mol. The average molecular weight is 466 g/mol. The number of carbonyl (C=O) groups excluding carboxylic acids is 3. The number of benzene rings is 2. The maximum atomic E-state index is 13.6. The zero-order chi connectivity index (χ0) is 24.0. The van der Waals surface area contributed by atoms with E-state index in [0.29, 0.717) is 51.1 Å². The fraction of sp³-hybridized carbons (Fsp3) is 0.423. The van der Waals surface area contributed by atoms with Gasteiger partial charge in [-0.2, -0.15) is 0 Å². The number of carbonyl (C=O) groups is 3. The summed E-state index contributed by atoms with van der Waals surface area (Å²) in [5.74, 6) is -0.455. The first-order valence-corrected chi connectivity index (χ1v) is 11.6. The van der Waals surface area contributed by atoms with Gasteiger partial charge in [0.1, 0.15) is 11.8 Å². The van der Waals surface area contributed by atoms with Crippen molar-refractivity contribution >= 4 is 17.7 Å². The van der Waals surface area contributed by atoms with Crippen LogP contribution in [0.5, 0.6) is 0 Å². The van der Waals surface area contributed by atoms with Gasteiger partial charge < -0.3 is 19.7 Å². The summed E-state index contributed by atoms with van der Waals surface area (Å²) < 4.78 is 11.2. The van der Waals surface area contributed by atoms with Gasteiger partial charge in [0.25, 0.3) is 5.91 Å². The van der Waals surface area contributed by atoms with E-state index < -0.39 is 11.8 Å². The largest absolute Gasteiger partial charge is 0.383 e. The van der Waals surface area contributed by atoms with E-state index in [9.17, 15) is 14.4 Å². The highest BCUT2D eigenvalue weighted by Gasteiger charge is 2.54. The molecule has 1 unspecified atom stereocenters. The monoisotopic (exact) mass is 465 g/mol. The molecule has 2 aliphatic heterocycles. The van der Waals surface area contributed by atoms with Gasteiger partial charge in [-0.25, -0.2) is 0 Å². The summed E-state index contributed by atoms with van der Waals surface area (Å²) in [5, 5.41) is 2.84. The van der Waals surface area contributed by atoms with Crippen LogP contribution in [-0.2, 0) is 25.5 Å². The lowest BCUT2D eigenvalue weighted by Gasteiger charge is -2.44. The number of piperidine rings is 1. The molecule has 8 nitrogen and oxygen atoms in total. The Morgan fingerprint density at radius 1 is 1.03 bits per heavy atom. The van der Waals surface area contributed by atoms with Crippen molar-refractivity contribution in [3.8, 4) is 0 Å². The minimum absolute atomic E-state index is 0.0499. The number of hydrogen-bond acceptors (Lipinski definition) is 5. The SMILES string of the molecule is COCCNC(=O)C1COC2(CCN(C(=O)Cc3ccccc3)CC2)N1C(=O)c1ccccc1. The molecule has 34 heavy (non-hydrogen) atoms. The summed E-state index contributed by atoms with van der Waals surface area (Å²) in [6, 6.07) is 17.8. The van der Waals surface area contributed by atoms with Crippen LogP contribution in [0.1, 0.15) is 28.8 Å². The zero-order valence-electron chi connectivity index (χ0n) is 19.4. The first kappa shape index (κ1) is 23.9. The summed E-state index contributed by atoms with van der Waals surface area (Å²) in [5.41, 5.74) is 0.558. The Morgan fingerprint density at radius 3 is 2.32 bits per heavy atom. The second-order valence-corrected chi connectivity index (χ2v) is 8.64. The van der Waals surface area contributed by atoms with Gasteiger partial charge in [-0.15, -0.1) is 0 Å². The van der Waals surface area contributed by atoms with Gasteiger partial charge in [0.15, 0.2) is 0 Å². The van der Waals surface area contributed by atoms with Crippen molar-refractivity contribution < 1.29 is 23.9 Å². The molecule has 2 heterocycles. The Labute approximate surface area is 199 Å². The normalized spacial score (nSPS) is 19.3. The molecule has 2 aromatic carbocycles. The van der Waals surface area contributed by atoms with Gasteiger partial charge in [0.2, 0.25) is 11.8 Å². The maximum absolute atomic E-state index is 13.6. The first-order chi connectivity index (χ1) is 16.5. The van der Waals surface area contributed by atoms with Gasteiger partial charge in [-0.1, -0.05) is 48.5 Å². The standard InChI is InChI=1S/C26H31N3O5/c1-33-17-14-27-24(31)22-19-34-26(29(22)25(32)21-10-6-3-7-11-21)12-15-28(16-13-26)23(30)18-20-8-4-2-5-9-20/h2-11,22H,12-19H2,1H3,(H,27,31). The van der Waals surface area contributed by atoms with Crippen molar-refractivity contribution in [3.63, 3.8) is 0 Å². The van der Waals surface area contributed by atoms with E-state index in [0.717, 1.165) is 5.56 Å². The van der Waals surface area contributed by atoms with Crippen molar-refractivity contribution in [1.82, 2.24) is 15.1 Å². The molecular formula is C26H31N3O5. The molecule has 4 rings (SSSR count). The van der Waals surface area contributed by atoms with Crippen LogP contribution in [0.25, 0.3) is 0 Å². The van der Waals surface area contributed by atoms with Crippen molar-refractivity contribution in [2.24, 2.45) is 0 Å². The van der Waals surface area contributed by atoms with Crippen molar-refractivity contribution in [2.75, 3.05) is 40.0 Å². The third-order valence-corrected chi connectivity index (χ3v) is 6.50. The number of nitrogens with one attached hydrogen (secondary N) is 1. The van der Waals surface area contributed by atoms with E-state index in [1.807, 2.05) is 41.3 Å². The molecular weight excluding hydrogens is 434 g/mol. The third kappa shape index (κ3) is 5.13. The topological polar surface area (TPSA) is 88.2 Å². The van der Waals surface area contributed by atoms with Gasteiger partial charge in [-0.05, 0) is 17.7 Å². The van der Waals surface area contributed by atoms with Gasteiger partial charge in [0.05, 0.1) is 19.6 Å². The fourth-order valence-corrected chi connectivity index (χ4v) is 4.67. The number of nitrogens with zero attached hydrogens (tertiary/aromatic N) is 2. The summed E-state index contributed by atoms with van der Waals surface area (Å²) in [6.07, 6.45) is 1.24. The second-order valence-electron chi connectivity index (χ2n) is 8.64. The Hall–Kier alpha value is -3.23. The molecule has 0 saturated carbocycles. The van der Waals surface area contributed by atoms with Gasteiger partial charge in [-0.3, -0.25) is 19.3 Å². The molecule has 0 bridgehead atoms. The first-order valence-electron chi connectivity index (χ1n) is 11.6. The van der Waals surface area contributed by atoms with Crippen LogP contribution >= 0.6 is 0 Å². The Kier molecular flexibility index (Phi) is 7.59. The Morgan fingerprint density at radius 2 is 1.68 bits per heavy atom. The zero-order valence-corrected chi connectivity index (χ0v) is 19.4. The molecule has 1 N–H and O–H groups in total. The number of hydrogen-bond donors (Lipinski definition) is 1. The number of methoxy groups -OCH3 is 1. The summed E-state index contributed by atoms with van der Waals surface area (Å²) >= 11 is 0. The van der Waals surface area contributed by atoms with Crippen LogP contribution in [0, 0.1) is 0 Å². The number of rotatable bonds is 7. The summed E-state index contributed by atoms with van der Waals surface area (Å²) in [4.78, 5) is 42.8. The summed E-state index contributed by atoms with van der Waals surface area (Å²) in [6.45, 7) is 1.78. The predicted octanol–water partition coefficient (Wildman–Crippen LogP) is 1.85. The minimum atomic E-state index is -0.917. The Balaban J connectivity index is 1.49. The highest BCUT2D eigenvalue weighted by atomic mass is 16.5. The van der Waals surface area contributed by atoms with E-state index >= 15 is 0 Å². The van der Waals surface area contributed by atoms with E-state index in [1.54, 1.807) is 36.3 Å². The molecule has 2 aromatic rings. The van der Waals surface area contributed by atoms with Gasteiger partial charge >= 0.3 is 0 Å². The lowest BCUT2D eigenvalue weighted by Crippen LogP contribution is -2.60.